The molecule has 5 rings (SSSR count). The van der Waals surface area contributed by atoms with Crippen LogP contribution in [0.1, 0.15) is 27.9 Å². The second-order valence-electron chi connectivity index (χ2n) is 8.16. The zero-order valence-electron chi connectivity index (χ0n) is 16.1. The van der Waals surface area contributed by atoms with Gasteiger partial charge in [0, 0.05) is 41.0 Å². The molecule has 3 nitrogen and oxygen atoms in total. The lowest BCUT2D eigenvalue weighted by Gasteiger charge is -2.21. The number of rotatable bonds is 3. The van der Waals surface area contributed by atoms with Gasteiger partial charge in [-0.2, -0.15) is 0 Å². The van der Waals surface area contributed by atoms with E-state index in [1.165, 1.54) is 12.5 Å². The quantitative estimate of drug-likeness (QED) is 0.663. The van der Waals surface area contributed by atoms with Gasteiger partial charge in [-0.05, 0) is 67.3 Å². The summed E-state index contributed by atoms with van der Waals surface area (Å²) >= 11 is 0. The SMILES string of the molecule is Cc1c(F)cccc1Nc1ccc(C(=O)N2CC3CC3C2)c2c(C)cccc12. The second kappa shape index (κ2) is 6.33. The van der Waals surface area contributed by atoms with Crippen molar-refractivity contribution in [3.63, 3.8) is 0 Å². The van der Waals surface area contributed by atoms with Crippen LogP contribution in [0.25, 0.3) is 10.8 Å². The van der Waals surface area contributed by atoms with Crippen molar-refractivity contribution < 1.29 is 9.18 Å². The molecule has 0 radical (unpaired) electrons. The Balaban J connectivity index is 1.58. The van der Waals surface area contributed by atoms with Crippen LogP contribution in [0.2, 0.25) is 0 Å². The Morgan fingerprint density at radius 1 is 1.00 bits per heavy atom. The summed E-state index contributed by atoms with van der Waals surface area (Å²) in [4.78, 5) is 15.2. The van der Waals surface area contributed by atoms with Crippen LogP contribution in [0.15, 0.2) is 48.5 Å². The number of hydrogen-bond acceptors (Lipinski definition) is 2. The number of halogens is 1. The summed E-state index contributed by atoms with van der Waals surface area (Å²) < 4.78 is 13.9. The van der Waals surface area contributed by atoms with Crippen molar-refractivity contribution in [3.05, 3.63) is 71.0 Å². The van der Waals surface area contributed by atoms with Crippen molar-refractivity contribution in [2.75, 3.05) is 18.4 Å². The molecular weight excluding hydrogens is 351 g/mol. The molecule has 2 unspecified atom stereocenters. The van der Waals surface area contributed by atoms with Crippen molar-refractivity contribution >= 4 is 28.1 Å². The van der Waals surface area contributed by atoms with Crippen molar-refractivity contribution in [1.29, 1.82) is 0 Å². The third-order valence-corrected chi connectivity index (χ3v) is 6.28. The van der Waals surface area contributed by atoms with Crippen molar-refractivity contribution in [1.82, 2.24) is 4.90 Å². The summed E-state index contributed by atoms with van der Waals surface area (Å²) in [5.74, 6) is 1.33. The van der Waals surface area contributed by atoms with Gasteiger partial charge in [-0.25, -0.2) is 4.39 Å². The average Bonchev–Trinajstić information content (AvgIpc) is 3.30. The fourth-order valence-corrected chi connectivity index (χ4v) is 4.50. The largest absolute Gasteiger partial charge is 0.355 e. The molecule has 28 heavy (non-hydrogen) atoms. The Morgan fingerprint density at radius 2 is 1.75 bits per heavy atom. The predicted octanol–water partition coefficient (Wildman–Crippen LogP) is 5.43. The molecule has 2 aliphatic rings. The number of hydrogen-bond donors (Lipinski definition) is 1. The van der Waals surface area contributed by atoms with E-state index in [2.05, 4.69) is 5.32 Å². The van der Waals surface area contributed by atoms with E-state index < -0.39 is 0 Å². The Morgan fingerprint density at radius 3 is 2.54 bits per heavy atom. The average molecular weight is 374 g/mol. The molecule has 1 aliphatic carbocycles. The number of nitrogens with zero attached hydrogens (tertiary/aromatic N) is 1. The van der Waals surface area contributed by atoms with Crippen LogP contribution in [-0.4, -0.2) is 23.9 Å². The summed E-state index contributed by atoms with van der Waals surface area (Å²) in [6.45, 7) is 5.58. The third kappa shape index (κ3) is 2.75. The molecular formula is C24H23FN2O. The van der Waals surface area contributed by atoms with E-state index in [9.17, 15) is 9.18 Å². The number of carbonyl (C=O) groups is 1. The van der Waals surface area contributed by atoms with Gasteiger partial charge in [-0.1, -0.05) is 24.3 Å². The molecule has 142 valence electrons. The summed E-state index contributed by atoms with van der Waals surface area (Å²) in [5.41, 5.74) is 4.04. The number of nitrogens with one attached hydrogen (secondary N) is 1. The van der Waals surface area contributed by atoms with E-state index in [-0.39, 0.29) is 11.7 Å². The first-order valence-electron chi connectivity index (χ1n) is 9.86. The van der Waals surface area contributed by atoms with Gasteiger partial charge >= 0.3 is 0 Å². The minimum Gasteiger partial charge on any atom is -0.355 e. The van der Waals surface area contributed by atoms with Crippen molar-refractivity contribution in [2.24, 2.45) is 11.8 Å². The van der Waals surface area contributed by atoms with Crippen LogP contribution < -0.4 is 5.32 Å². The molecule has 0 aromatic heterocycles. The molecule has 2 fully saturated rings. The van der Waals surface area contributed by atoms with Crippen LogP contribution in [0, 0.1) is 31.5 Å². The Labute approximate surface area is 164 Å². The summed E-state index contributed by atoms with van der Waals surface area (Å²) in [7, 11) is 0. The van der Waals surface area contributed by atoms with Gasteiger partial charge in [0.15, 0.2) is 0 Å². The number of piperidine rings is 1. The first-order valence-corrected chi connectivity index (χ1v) is 9.86. The van der Waals surface area contributed by atoms with Crippen molar-refractivity contribution in [3.8, 4) is 0 Å². The van der Waals surface area contributed by atoms with Crippen LogP contribution in [0.3, 0.4) is 0 Å². The topological polar surface area (TPSA) is 32.3 Å². The fourth-order valence-electron chi connectivity index (χ4n) is 4.50. The lowest BCUT2D eigenvalue weighted by Crippen LogP contribution is -2.30. The minimum absolute atomic E-state index is 0.125. The van der Waals surface area contributed by atoms with E-state index in [1.807, 2.05) is 48.2 Å². The van der Waals surface area contributed by atoms with Crippen LogP contribution in [0.4, 0.5) is 15.8 Å². The Bertz CT molecular complexity index is 1100. The van der Waals surface area contributed by atoms with Gasteiger partial charge < -0.3 is 10.2 Å². The summed E-state index contributed by atoms with van der Waals surface area (Å²) in [6, 6.07) is 15.0. The van der Waals surface area contributed by atoms with E-state index in [0.717, 1.165) is 46.4 Å². The van der Waals surface area contributed by atoms with E-state index >= 15 is 0 Å². The molecule has 0 spiro atoms. The second-order valence-corrected chi connectivity index (χ2v) is 8.16. The molecule has 4 heteroatoms. The highest BCUT2D eigenvalue weighted by atomic mass is 19.1. The number of aryl methyl sites for hydroxylation is 1. The first kappa shape index (κ1) is 17.2. The van der Waals surface area contributed by atoms with Crippen LogP contribution >= 0.6 is 0 Å². The molecule has 3 aromatic rings. The predicted molar refractivity (Wildman–Crippen MR) is 111 cm³/mol. The number of amides is 1. The third-order valence-electron chi connectivity index (χ3n) is 6.28. The maximum atomic E-state index is 13.9. The van der Waals surface area contributed by atoms with E-state index in [1.54, 1.807) is 13.0 Å². The van der Waals surface area contributed by atoms with Gasteiger partial charge in [0.1, 0.15) is 5.82 Å². The molecule has 2 atom stereocenters. The monoisotopic (exact) mass is 374 g/mol. The molecule has 1 N–H and O–H groups in total. The van der Waals surface area contributed by atoms with Crippen molar-refractivity contribution in [2.45, 2.75) is 20.3 Å². The van der Waals surface area contributed by atoms with Gasteiger partial charge in [0.05, 0.1) is 0 Å². The van der Waals surface area contributed by atoms with Crippen LogP contribution in [0.5, 0.6) is 0 Å². The molecule has 1 heterocycles. The molecule has 1 aliphatic heterocycles. The van der Waals surface area contributed by atoms with Gasteiger partial charge in [0.2, 0.25) is 0 Å². The van der Waals surface area contributed by atoms with Gasteiger partial charge in [-0.15, -0.1) is 0 Å². The first-order chi connectivity index (χ1) is 13.5. The molecule has 1 amide bonds. The fraction of sp³-hybridized carbons (Fsp3) is 0.292. The molecule has 1 saturated carbocycles. The highest BCUT2D eigenvalue weighted by Gasteiger charge is 2.46. The summed E-state index contributed by atoms with van der Waals surface area (Å²) in [6.07, 6.45) is 1.28. The maximum absolute atomic E-state index is 13.9. The van der Waals surface area contributed by atoms with E-state index in [0.29, 0.717) is 17.4 Å². The molecule has 0 bridgehead atoms. The number of carbonyl (C=O) groups excluding carboxylic acids is 1. The van der Waals surface area contributed by atoms with E-state index in [4.69, 9.17) is 0 Å². The highest BCUT2D eigenvalue weighted by Crippen LogP contribution is 2.45. The number of likely N-dealkylation sites (tertiary alicyclic amines) is 1. The Hall–Kier alpha value is -2.88. The zero-order valence-corrected chi connectivity index (χ0v) is 16.1. The highest BCUT2D eigenvalue weighted by molar-refractivity contribution is 6.12. The Kier molecular flexibility index (Phi) is 3.90. The number of anilines is 2. The maximum Gasteiger partial charge on any atom is 0.254 e. The molecule has 1 saturated heterocycles. The normalized spacial score (nSPS) is 20.3. The van der Waals surface area contributed by atoms with Gasteiger partial charge in [-0.3, -0.25) is 4.79 Å². The van der Waals surface area contributed by atoms with Gasteiger partial charge in [0.25, 0.3) is 5.91 Å². The lowest BCUT2D eigenvalue weighted by molar-refractivity contribution is 0.0777. The lowest BCUT2D eigenvalue weighted by atomic mass is 9.97. The molecule has 3 aromatic carbocycles. The summed E-state index contributed by atoms with van der Waals surface area (Å²) in [5, 5.41) is 5.33. The minimum atomic E-state index is -0.232. The standard InChI is InChI=1S/C24H23FN2O/c1-14-5-3-6-18-22(26-21-8-4-7-20(25)15(21)2)10-9-19(23(14)18)24(28)27-12-16-11-17(16)13-27/h3-10,16-17,26H,11-13H2,1-2H3. The number of benzene rings is 3. The smallest absolute Gasteiger partial charge is 0.254 e. The number of fused-ring (bicyclic) bond motifs is 2. The van der Waals surface area contributed by atoms with Crippen LogP contribution in [-0.2, 0) is 0 Å². The zero-order chi connectivity index (χ0) is 19.4.